The molecule has 108 valence electrons. The quantitative estimate of drug-likeness (QED) is 0.682. The van der Waals surface area contributed by atoms with E-state index >= 15 is 0 Å². The Morgan fingerprint density at radius 2 is 1.76 bits per heavy atom. The van der Waals surface area contributed by atoms with E-state index in [-0.39, 0.29) is 6.61 Å². The van der Waals surface area contributed by atoms with Gasteiger partial charge in [0.25, 0.3) is 10.1 Å². The van der Waals surface area contributed by atoms with Crippen molar-refractivity contribution in [3.05, 3.63) is 60.2 Å². The number of hydrogen-bond donors (Lipinski definition) is 0. The average molecular weight is 318 g/mol. The Hall–Kier alpha value is -1.69. The molecule has 0 atom stereocenters. The molecule has 0 N–H and O–H groups in total. The van der Waals surface area contributed by atoms with E-state index in [0.717, 1.165) is 17.4 Å². The minimum Gasteiger partial charge on any atom is -0.265 e. The third-order valence-corrected chi connectivity index (χ3v) is 4.81. The summed E-state index contributed by atoms with van der Waals surface area (Å²) in [6, 6.07) is 18.2. The maximum Gasteiger partial charge on any atom is 0.264 e. The Labute approximate surface area is 127 Å². The van der Waals surface area contributed by atoms with Gasteiger partial charge in [-0.3, -0.25) is 4.18 Å². The third-order valence-electron chi connectivity index (χ3n) is 3.10. The molecule has 2 aromatic carbocycles. The molecule has 21 heavy (non-hydrogen) atoms. The molecule has 0 saturated heterocycles. The van der Waals surface area contributed by atoms with Crippen molar-refractivity contribution in [2.75, 3.05) is 6.26 Å². The van der Waals surface area contributed by atoms with Crippen LogP contribution in [0, 0.1) is 0 Å². The van der Waals surface area contributed by atoms with E-state index in [0.29, 0.717) is 0 Å². The van der Waals surface area contributed by atoms with E-state index in [1.165, 1.54) is 15.0 Å². The van der Waals surface area contributed by atoms with Crippen LogP contribution in [-0.2, 0) is 20.9 Å². The maximum absolute atomic E-state index is 11.0. The van der Waals surface area contributed by atoms with Crippen LogP contribution in [0.2, 0.25) is 0 Å². The molecule has 0 fully saturated rings. The molecular weight excluding hydrogens is 304 g/mol. The number of fused-ring (bicyclic) bond motifs is 1. The van der Waals surface area contributed by atoms with Crippen molar-refractivity contribution in [1.82, 2.24) is 0 Å². The van der Waals surface area contributed by atoms with Gasteiger partial charge in [-0.2, -0.15) is 8.42 Å². The molecule has 0 spiro atoms. The van der Waals surface area contributed by atoms with E-state index in [1.807, 2.05) is 36.4 Å². The zero-order valence-electron chi connectivity index (χ0n) is 11.4. The van der Waals surface area contributed by atoms with Crippen molar-refractivity contribution >= 4 is 31.5 Å². The highest BCUT2D eigenvalue weighted by Gasteiger charge is 2.05. The first kappa shape index (κ1) is 14.3. The zero-order chi connectivity index (χ0) is 14.9. The van der Waals surface area contributed by atoms with Gasteiger partial charge in [-0.1, -0.05) is 42.5 Å². The lowest BCUT2D eigenvalue weighted by atomic mass is 10.1. The number of rotatable bonds is 4. The summed E-state index contributed by atoms with van der Waals surface area (Å²) in [4.78, 5) is 1.20. The number of thiophene rings is 1. The first-order chi connectivity index (χ1) is 10.0. The van der Waals surface area contributed by atoms with E-state index in [4.69, 9.17) is 4.18 Å². The van der Waals surface area contributed by atoms with Crippen molar-refractivity contribution in [2.45, 2.75) is 6.61 Å². The van der Waals surface area contributed by atoms with Crippen molar-refractivity contribution in [3.63, 3.8) is 0 Å². The summed E-state index contributed by atoms with van der Waals surface area (Å²) in [6.07, 6.45) is 1.05. The minimum atomic E-state index is -3.40. The minimum absolute atomic E-state index is 0.0749. The molecule has 3 aromatic rings. The highest BCUT2D eigenvalue weighted by molar-refractivity contribution is 7.85. The summed E-state index contributed by atoms with van der Waals surface area (Å²) in [6.45, 7) is 0.0749. The second kappa shape index (κ2) is 5.60. The summed E-state index contributed by atoms with van der Waals surface area (Å²) in [5, 5.41) is 1.24. The van der Waals surface area contributed by atoms with Gasteiger partial charge in [-0.15, -0.1) is 11.3 Å². The largest absolute Gasteiger partial charge is 0.265 e. The number of hydrogen-bond acceptors (Lipinski definition) is 4. The second-order valence-corrected chi connectivity index (χ2v) is 7.54. The molecular formula is C16H14O3S2. The van der Waals surface area contributed by atoms with E-state index in [1.54, 1.807) is 11.3 Å². The third kappa shape index (κ3) is 3.50. The Bertz CT molecular complexity index is 829. The fourth-order valence-electron chi connectivity index (χ4n) is 2.06. The molecule has 0 saturated carbocycles. The predicted octanol–water partition coefficient (Wildman–Crippen LogP) is 4.04. The van der Waals surface area contributed by atoms with Gasteiger partial charge in [0.2, 0.25) is 0 Å². The second-order valence-electron chi connectivity index (χ2n) is 4.81. The van der Waals surface area contributed by atoms with Crippen molar-refractivity contribution in [2.24, 2.45) is 0 Å². The average Bonchev–Trinajstić information content (AvgIpc) is 2.89. The molecule has 0 aliphatic heterocycles. The monoisotopic (exact) mass is 318 g/mol. The van der Waals surface area contributed by atoms with Gasteiger partial charge >= 0.3 is 0 Å². The standard InChI is InChI=1S/C16H14O3S2/c1-21(17,18)19-11-12-6-8-13(9-7-12)16-10-14-4-2-3-5-15(14)20-16/h2-10H,11H2,1H3. The molecule has 0 unspecified atom stereocenters. The smallest absolute Gasteiger partial charge is 0.264 e. The van der Waals surface area contributed by atoms with Gasteiger partial charge in [-0.05, 0) is 28.6 Å². The van der Waals surface area contributed by atoms with Crippen LogP contribution in [0.4, 0.5) is 0 Å². The topological polar surface area (TPSA) is 43.4 Å². The Balaban J connectivity index is 1.83. The molecule has 0 aliphatic carbocycles. The molecule has 1 aromatic heterocycles. The van der Waals surface area contributed by atoms with E-state index in [9.17, 15) is 8.42 Å². The van der Waals surface area contributed by atoms with Gasteiger partial charge in [0.1, 0.15) is 0 Å². The molecule has 3 rings (SSSR count). The summed E-state index contributed by atoms with van der Waals surface area (Å²) in [5.74, 6) is 0. The predicted molar refractivity (Wildman–Crippen MR) is 86.9 cm³/mol. The van der Waals surface area contributed by atoms with Crippen LogP contribution >= 0.6 is 11.3 Å². The van der Waals surface area contributed by atoms with Crippen LogP contribution in [0.25, 0.3) is 20.5 Å². The first-order valence-corrected chi connectivity index (χ1v) is 9.07. The first-order valence-electron chi connectivity index (χ1n) is 6.43. The Morgan fingerprint density at radius 3 is 2.43 bits per heavy atom. The van der Waals surface area contributed by atoms with Crippen LogP contribution in [0.3, 0.4) is 0 Å². The van der Waals surface area contributed by atoms with Crippen molar-refractivity contribution in [1.29, 1.82) is 0 Å². The number of benzene rings is 2. The SMILES string of the molecule is CS(=O)(=O)OCc1ccc(-c2cc3ccccc3s2)cc1. The van der Waals surface area contributed by atoms with E-state index in [2.05, 4.69) is 18.2 Å². The summed E-state index contributed by atoms with van der Waals surface area (Å²) in [7, 11) is -3.40. The lowest BCUT2D eigenvalue weighted by Crippen LogP contribution is -2.02. The van der Waals surface area contributed by atoms with Gasteiger partial charge < -0.3 is 0 Å². The van der Waals surface area contributed by atoms with Gasteiger partial charge in [0.05, 0.1) is 12.9 Å². The maximum atomic E-state index is 11.0. The molecule has 1 heterocycles. The molecule has 0 aliphatic rings. The molecule has 0 bridgehead atoms. The summed E-state index contributed by atoms with van der Waals surface area (Å²) in [5.41, 5.74) is 1.96. The Kier molecular flexibility index (Phi) is 3.80. The molecule has 0 amide bonds. The van der Waals surface area contributed by atoms with Crippen LogP contribution in [0.5, 0.6) is 0 Å². The van der Waals surface area contributed by atoms with Crippen molar-refractivity contribution < 1.29 is 12.6 Å². The molecule has 3 nitrogen and oxygen atoms in total. The lowest BCUT2D eigenvalue weighted by molar-refractivity contribution is 0.312. The highest BCUT2D eigenvalue weighted by Crippen LogP contribution is 2.33. The Morgan fingerprint density at radius 1 is 1.05 bits per heavy atom. The van der Waals surface area contributed by atoms with Crippen LogP contribution in [0.15, 0.2) is 54.6 Å². The fraction of sp³-hybridized carbons (Fsp3) is 0.125. The molecule has 5 heteroatoms. The van der Waals surface area contributed by atoms with Crippen molar-refractivity contribution in [3.8, 4) is 10.4 Å². The van der Waals surface area contributed by atoms with Gasteiger partial charge in [0.15, 0.2) is 0 Å². The van der Waals surface area contributed by atoms with E-state index < -0.39 is 10.1 Å². The van der Waals surface area contributed by atoms with Gasteiger partial charge in [-0.25, -0.2) is 0 Å². The van der Waals surface area contributed by atoms with Crippen LogP contribution < -0.4 is 0 Å². The summed E-state index contributed by atoms with van der Waals surface area (Å²) >= 11 is 1.75. The summed E-state index contributed by atoms with van der Waals surface area (Å²) < 4.78 is 28.0. The fourth-order valence-corrected chi connectivity index (χ4v) is 3.48. The zero-order valence-corrected chi connectivity index (χ0v) is 13.1. The van der Waals surface area contributed by atoms with Gasteiger partial charge in [0, 0.05) is 9.58 Å². The van der Waals surface area contributed by atoms with Crippen LogP contribution in [0.1, 0.15) is 5.56 Å². The molecule has 0 radical (unpaired) electrons. The lowest BCUT2D eigenvalue weighted by Gasteiger charge is -2.03. The normalized spacial score (nSPS) is 11.9. The van der Waals surface area contributed by atoms with Crippen LogP contribution in [-0.4, -0.2) is 14.7 Å². The highest BCUT2D eigenvalue weighted by atomic mass is 32.2.